The molecule has 7 nitrogen and oxygen atoms in total. The predicted molar refractivity (Wildman–Crippen MR) is 59.7 cm³/mol. The number of carboxylic acid groups (broad SMARTS) is 1. The van der Waals surface area contributed by atoms with Gasteiger partial charge >= 0.3 is 5.97 Å². The summed E-state index contributed by atoms with van der Waals surface area (Å²) in [6.07, 6.45) is 6.27. The molecule has 0 unspecified atom stereocenters. The standard InChI is InChI=1S/C10H11N5O2/c16-10(17)8-1-2-11-7-9(8)12-3-5-15-6-4-13-14-15/h1-2,4,6-7,12H,3,5H2,(H,16,17). The SMILES string of the molecule is O=C(O)c1ccncc1NCCn1ccnn1. The third-order valence-corrected chi connectivity index (χ3v) is 2.18. The third-order valence-electron chi connectivity index (χ3n) is 2.18. The number of aromatic carboxylic acids is 1. The molecule has 0 aliphatic rings. The number of aromatic nitrogens is 4. The molecule has 0 saturated carbocycles. The van der Waals surface area contributed by atoms with Crippen molar-refractivity contribution < 1.29 is 9.90 Å². The van der Waals surface area contributed by atoms with Crippen LogP contribution >= 0.6 is 0 Å². The van der Waals surface area contributed by atoms with E-state index in [1.807, 2.05) is 0 Å². The van der Waals surface area contributed by atoms with E-state index in [2.05, 4.69) is 20.6 Å². The maximum Gasteiger partial charge on any atom is 0.337 e. The summed E-state index contributed by atoms with van der Waals surface area (Å²) in [4.78, 5) is 14.8. The van der Waals surface area contributed by atoms with Crippen molar-refractivity contribution in [3.05, 3.63) is 36.4 Å². The number of nitrogens with one attached hydrogen (secondary N) is 1. The molecule has 2 rings (SSSR count). The minimum atomic E-state index is -0.976. The van der Waals surface area contributed by atoms with Crippen molar-refractivity contribution in [3.8, 4) is 0 Å². The van der Waals surface area contributed by atoms with Gasteiger partial charge in [0.2, 0.25) is 0 Å². The van der Waals surface area contributed by atoms with Crippen LogP contribution in [-0.4, -0.2) is 37.6 Å². The normalized spacial score (nSPS) is 10.1. The molecular formula is C10H11N5O2. The van der Waals surface area contributed by atoms with E-state index >= 15 is 0 Å². The average molecular weight is 233 g/mol. The summed E-state index contributed by atoms with van der Waals surface area (Å²) in [5, 5.41) is 19.4. The van der Waals surface area contributed by atoms with Gasteiger partial charge in [0.25, 0.3) is 0 Å². The minimum Gasteiger partial charge on any atom is -0.478 e. The molecule has 0 aromatic carbocycles. The Bertz CT molecular complexity index is 497. The fourth-order valence-electron chi connectivity index (χ4n) is 1.38. The van der Waals surface area contributed by atoms with E-state index in [0.717, 1.165) is 0 Å². The van der Waals surface area contributed by atoms with Crippen LogP contribution in [0.4, 0.5) is 5.69 Å². The zero-order valence-corrected chi connectivity index (χ0v) is 8.95. The van der Waals surface area contributed by atoms with E-state index < -0.39 is 5.97 Å². The summed E-state index contributed by atoms with van der Waals surface area (Å²) in [6, 6.07) is 1.46. The first kappa shape index (κ1) is 11.1. The Morgan fingerprint density at radius 2 is 2.35 bits per heavy atom. The van der Waals surface area contributed by atoms with Gasteiger partial charge in [-0.2, -0.15) is 0 Å². The van der Waals surface area contributed by atoms with Gasteiger partial charge in [0.05, 0.1) is 30.2 Å². The monoisotopic (exact) mass is 233 g/mol. The molecule has 0 fully saturated rings. The zero-order valence-electron chi connectivity index (χ0n) is 8.95. The number of hydrogen-bond donors (Lipinski definition) is 2. The summed E-state index contributed by atoms with van der Waals surface area (Å²) in [5.74, 6) is -0.976. The van der Waals surface area contributed by atoms with Crippen molar-refractivity contribution in [2.75, 3.05) is 11.9 Å². The number of carboxylic acids is 1. The van der Waals surface area contributed by atoms with E-state index in [1.165, 1.54) is 18.5 Å². The largest absolute Gasteiger partial charge is 0.478 e. The van der Waals surface area contributed by atoms with Crippen molar-refractivity contribution in [1.29, 1.82) is 0 Å². The van der Waals surface area contributed by atoms with Crippen LogP contribution in [0, 0.1) is 0 Å². The maximum atomic E-state index is 10.9. The van der Waals surface area contributed by atoms with Gasteiger partial charge in [0.15, 0.2) is 0 Å². The second-order valence-electron chi connectivity index (χ2n) is 3.32. The predicted octanol–water partition coefficient (Wildman–Crippen LogP) is 0.483. The lowest BCUT2D eigenvalue weighted by Crippen LogP contribution is -2.13. The van der Waals surface area contributed by atoms with Crippen LogP contribution in [0.2, 0.25) is 0 Å². The van der Waals surface area contributed by atoms with Crippen LogP contribution in [0.3, 0.4) is 0 Å². The molecule has 0 saturated heterocycles. The highest BCUT2D eigenvalue weighted by Crippen LogP contribution is 2.12. The third kappa shape index (κ3) is 2.77. The summed E-state index contributed by atoms with van der Waals surface area (Å²) in [7, 11) is 0. The molecule has 0 spiro atoms. The molecule has 0 aliphatic heterocycles. The molecule has 7 heteroatoms. The number of carbonyl (C=O) groups is 1. The highest BCUT2D eigenvalue weighted by atomic mass is 16.4. The molecule has 2 aromatic rings. The summed E-state index contributed by atoms with van der Waals surface area (Å²) >= 11 is 0. The molecule has 0 radical (unpaired) electrons. The van der Waals surface area contributed by atoms with Crippen LogP contribution in [0.15, 0.2) is 30.9 Å². The van der Waals surface area contributed by atoms with E-state index in [1.54, 1.807) is 17.1 Å². The topological polar surface area (TPSA) is 92.9 Å². The Morgan fingerprint density at radius 3 is 3.06 bits per heavy atom. The highest BCUT2D eigenvalue weighted by molar-refractivity contribution is 5.93. The molecule has 88 valence electrons. The first-order chi connectivity index (χ1) is 8.27. The lowest BCUT2D eigenvalue weighted by Gasteiger charge is -2.08. The molecule has 0 aliphatic carbocycles. The van der Waals surface area contributed by atoms with Gasteiger partial charge in [-0.25, -0.2) is 4.79 Å². The first-order valence-corrected chi connectivity index (χ1v) is 5.02. The van der Waals surface area contributed by atoms with Gasteiger partial charge in [-0.1, -0.05) is 5.21 Å². The van der Waals surface area contributed by atoms with E-state index in [4.69, 9.17) is 5.11 Å². The van der Waals surface area contributed by atoms with Gasteiger partial charge in [-0.15, -0.1) is 5.10 Å². The van der Waals surface area contributed by atoms with Gasteiger partial charge in [0, 0.05) is 18.9 Å². The Balaban J connectivity index is 1.97. The van der Waals surface area contributed by atoms with E-state index in [-0.39, 0.29) is 5.56 Å². The Morgan fingerprint density at radius 1 is 1.47 bits per heavy atom. The average Bonchev–Trinajstić information content (AvgIpc) is 2.82. The Labute approximate surface area is 97.1 Å². The van der Waals surface area contributed by atoms with Crippen LogP contribution in [0.1, 0.15) is 10.4 Å². The van der Waals surface area contributed by atoms with Crippen molar-refractivity contribution in [3.63, 3.8) is 0 Å². The van der Waals surface area contributed by atoms with Gasteiger partial charge in [-0.05, 0) is 6.07 Å². The molecule has 0 amide bonds. The van der Waals surface area contributed by atoms with Crippen LogP contribution < -0.4 is 5.32 Å². The molecule has 2 N–H and O–H groups in total. The second-order valence-corrected chi connectivity index (χ2v) is 3.32. The highest BCUT2D eigenvalue weighted by Gasteiger charge is 2.08. The van der Waals surface area contributed by atoms with Gasteiger partial charge < -0.3 is 10.4 Å². The number of anilines is 1. The number of pyridine rings is 1. The first-order valence-electron chi connectivity index (χ1n) is 5.02. The molecule has 17 heavy (non-hydrogen) atoms. The molecule has 2 aromatic heterocycles. The van der Waals surface area contributed by atoms with Crippen molar-refractivity contribution in [2.24, 2.45) is 0 Å². The number of rotatable bonds is 5. The zero-order chi connectivity index (χ0) is 12.1. The van der Waals surface area contributed by atoms with Crippen LogP contribution in [0.25, 0.3) is 0 Å². The maximum absolute atomic E-state index is 10.9. The summed E-state index contributed by atoms with van der Waals surface area (Å²) in [6.45, 7) is 1.16. The van der Waals surface area contributed by atoms with E-state index in [9.17, 15) is 4.79 Å². The van der Waals surface area contributed by atoms with Gasteiger partial charge in [0.1, 0.15) is 0 Å². The molecule has 0 atom stereocenters. The smallest absolute Gasteiger partial charge is 0.337 e. The second kappa shape index (κ2) is 5.06. The quantitative estimate of drug-likeness (QED) is 0.780. The van der Waals surface area contributed by atoms with Crippen LogP contribution in [-0.2, 0) is 6.54 Å². The molecule has 0 bridgehead atoms. The lowest BCUT2D eigenvalue weighted by molar-refractivity contribution is 0.0698. The van der Waals surface area contributed by atoms with Crippen LogP contribution in [0.5, 0.6) is 0 Å². The van der Waals surface area contributed by atoms with E-state index in [0.29, 0.717) is 18.8 Å². The summed E-state index contributed by atoms with van der Waals surface area (Å²) in [5.41, 5.74) is 0.707. The molecule has 2 heterocycles. The number of hydrogen-bond acceptors (Lipinski definition) is 5. The minimum absolute atomic E-state index is 0.207. The van der Waals surface area contributed by atoms with Crippen molar-refractivity contribution in [1.82, 2.24) is 20.0 Å². The van der Waals surface area contributed by atoms with Gasteiger partial charge in [-0.3, -0.25) is 9.67 Å². The Kier molecular flexibility index (Phi) is 3.29. The lowest BCUT2D eigenvalue weighted by atomic mass is 10.2. The number of nitrogens with zero attached hydrogens (tertiary/aromatic N) is 4. The summed E-state index contributed by atoms with van der Waals surface area (Å²) < 4.78 is 1.66. The van der Waals surface area contributed by atoms with Crippen molar-refractivity contribution in [2.45, 2.75) is 6.54 Å². The molecular weight excluding hydrogens is 222 g/mol. The Hall–Kier alpha value is -2.44. The fraction of sp³-hybridized carbons (Fsp3) is 0.200. The fourth-order valence-corrected chi connectivity index (χ4v) is 1.38. The van der Waals surface area contributed by atoms with Crippen molar-refractivity contribution >= 4 is 11.7 Å².